The molecule has 0 aliphatic heterocycles. The number of hydrogen-bond acceptors (Lipinski definition) is 4. The van der Waals surface area contributed by atoms with Crippen molar-refractivity contribution in [3.05, 3.63) is 22.9 Å². The number of thioether (sulfide) groups is 1. The molecule has 1 heterocycles. The first-order valence-corrected chi connectivity index (χ1v) is 6.99. The molecule has 3 N–H and O–H groups in total. The Kier molecular flexibility index (Phi) is 5.79. The van der Waals surface area contributed by atoms with Crippen LogP contribution in [0.5, 0.6) is 0 Å². The van der Waals surface area contributed by atoms with E-state index in [-0.39, 0.29) is 5.91 Å². The Balaban J connectivity index is 2.54. The van der Waals surface area contributed by atoms with Crippen molar-refractivity contribution in [2.45, 2.75) is 12.5 Å². The van der Waals surface area contributed by atoms with Crippen molar-refractivity contribution < 1.29 is 4.79 Å². The average Bonchev–Trinajstić information content (AvgIpc) is 2.28. The fourth-order valence-corrected chi connectivity index (χ4v) is 1.92. The summed E-state index contributed by atoms with van der Waals surface area (Å²) in [4.78, 5) is 15.7. The average molecular weight is 304 g/mol. The molecule has 0 saturated carbocycles. The molecule has 1 aromatic heterocycles. The van der Waals surface area contributed by atoms with Crippen LogP contribution >= 0.6 is 27.7 Å². The molecular formula is C10H14BrN3OS. The van der Waals surface area contributed by atoms with Crippen LogP contribution in [0.1, 0.15) is 6.42 Å². The van der Waals surface area contributed by atoms with Crippen LogP contribution in [0.2, 0.25) is 0 Å². The Morgan fingerprint density at radius 3 is 3.12 bits per heavy atom. The number of rotatable bonds is 5. The van der Waals surface area contributed by atoms with E-state index in [1.807, 2.05) is 6.26 Å². The number of pyridine rings is 1. The molecule has 88 valence electrons. The van der Waals surface area contributed by atoms with Gasteiger partial charge >= 0.3 is 0 Å². The van der Waals surface area contributed by atoms with Crippen LogP contribution in [-0.2, 0) is 4.79 Å². The Morgan fingerprint density at radius 1 is 1.75 bits per heavy atom. The van der Waals surface area contributed by atoms with Crippen LogP contribution in [0.3, 0.4) is 0 Å². The molecule has 0 aromatic carbocycles. The summed E-state index contributed by atoms with van der Waals surface area (Å²) >= 11 is 4.93. The number of carbonyl (C=O) groups is 1. The monoisotopic (exact) mass is 303 g/mol. The standard InChI is InChI=1S/C10H14BrN3OS/c1-16-6-4-7(12)10(15)14-8-3-2-5-13-9(8)11/h2-3,5,7H,4,6,12H2,1H3,(H,14,15)/t7-/m0/s1. The molecule has 0 aliphatic rings. The van der Waals surface area contributed by atoms with Crippen LogP contribution in [0.4, 0.5) is 5.69 Å². The zero-order valence-electron chi connectivity index (χ0n) is 8.94. The van der Waals surface area contributed by atoms with E-state index in [1.54, 1.807) is 30.1 Å². The van der Waals surface area contributed by atoms with E-state index < -0.39 is 6.04 Å². The quantitative estimate of drug-likeness (QED) is 0.815. The van der Waals surface area contributed by atoms with E-state index in [0.717, 1.165) is 5.75 Å². The minimum absolute atomic E-state index is 0.178. The first-order chi connectivity index (χ1) is 7.65. The molecule has 0 unspecified atom stereocenters. The lowest BCUT2D eigenvalue weighted by atomic mass is 10.2. The molecule has 0 radical (unpaired) electrons. The van der Waals surface area contributed by atoms with Crippen molar-refractivity contribution in [3.63, 3.8) is 0 Å². The van der Waals surface area contributed by atoms with Crippen LogP contribution in [0.15, 0.2) is 22.9 Å². The molecule has 0 fully saturated rings. The number of anilines is 1. The van der Waals surface area contributed by atoms with Crippen LogP contribution < -0.4 is 11.1 Å². The lowest BCUT2D eigenvalue weighted by molar-refractivity contribution is -0.117. The highest BCUT2D eigenvalue weighted by atomic mass is 79.9. The van der Waals surface area contributed by atoms with E-state index >= 15 is 0 Å². The largest absolute Gasteiger partial charge is 0.322 e. The fourth-order valence-electron chi connectivity index (χ4n) is 1.08. The highest BCUT2D eigenvalue weighted by molar-refractivity contribution is 9.10. The minimum Gasteiger partial charge on any atom is -0.322 e. The number of nitrogens with one attached hydrogen (secondary N) is 1. The maximum atomic E-state index is 11.7. The summed E-state index contributed by atoms with van der Waals surface area (Å²) in [5.74, 6) is 0.700. The number of amides is 1. The van der Waals surface area contributed by atoms with E-state index in [4.69, 9.17) is 5.73 Å². The third-order valence-electron chi connectivity index (χ3n) is 1.99. The molecule has 6 heteroatoms. The van der Waals surface area contributed by atoms with Gasteiger partial charge in [-0.05, 0) is 46.5 Å². The van der Waals surface area contributed by atoms with E-state index in [0.29, 0.717) is 16.7 Å². The first kappa shape index (κ1) is 13.5. The van der Waals surface area contributed by atoms with E-state index in [1.165, 1.54) is 0 Å². The number of nitrogens with two attached hydrogens (primary N) is 1. The summed E-state index contributed by atoms with van der Waals surface area (Å²) < 4.78 is 0.611. The van der Waals surface area contributed by atoms with Crippen molar-refractivity contribution in [2.24, 2.45) is 5.73 Å². The van der Waals surface area contributed by atoms with Crippen LogP contribution in [0, 0.1) is 0 Å². The second-order valence-electron chi connectivity index (χ2n) is 3.22. The molecular weight excluding hydrogens is 290 g/mol. The molecule has 0 bridgehead atoms. The first-order valence-electron chi connectivity index (χ1n) is 4.81. The minimum atomic E-state index is -0.473. The van der Waals surface area contributed by atoms with Gasteiger partial charge in [0.15, 0.2) is 0 Å². The normalized spacial score (nSPS) is 12.2. The summed E-state index contributed by atoms with van der Waals surface area (Å²) in [5.41, 5.74) is 6.39. The predicted octanol–water partition coefficient (Wildman–Crippen LogP) is 1.86. The lowest BCUT2D eigenvalue weighted by Crippen LogP contribution is -2.36. The van der Waals surface area contributed by atoms with Gasteiger partial charge in [-0.2, -0.15) is 11.8 Å². The maximum absolute atomic E-state index is 11.7. The second kappa shape index (κ2) is 6.88. The molecule has 16 heavy (non-hydrogen) atoms. The number of nitrogens with zero attached hydrogens (tertiary/aromatic N) is 1. The molecule has 0 saturated heterocycles. The summed E-state index contributed by atoms with van der Waals surface area (Å²) in [6, 6.07) is 3.06. The number of halogens is 1. The Labute approximate surface area is 108 Å². The maximum Gasteiger partial charge on any atom is 0.241 e. The Hall–Kier alpha value is -0.590. The topological polar surface area (TPSA) is 68.0 Å². The molecule has 1 aromatic rings. The summed E-state index contributed by atoms with van der Waals surface area (Å²) in [6.07, 6.45) is 4.31. The van der Waals surface area contributed by atoms with Gasteiger partial charge in [-0.1, -0.05) is 0 Å². The highest BCUT2D eigenvalue weighted by Gasteiger charge is 2.14. The zero-order valence-corrected chi connectivity index (χ0v) is 11.3. The van der Waals surface area contributed by atoms with Gasteiger partial charge in [-0.3, -0.25) is 4.79 Å². The molecule has 0 aliphatic carbocycles. The van der Waals surface area contributed by atoms with Gasteiger partial charge < -0.3 is 11.1 Å². The van der Waals surface area contributed by atoms with Crippen molar-refractivity contribution in [3.8, 4) is 0 Å². The van der Waals surface area contributed by atoms with Gasteiger partial charge in [0.05, 0.1) is 11.7 Å². The van der Waals surface area contributed by atoms with Crippen molar-refractivity contribution in [1.29, 1.82) is 0 Å². The van der Waals surface area contributed by atoms with Gasteiger partial charge in [0, 0.05) is 6.20 Å². The van der Waals surface area contributed by atoms with E-state index in [9.17, 15) is 4.79 Å². The molecule has 4 nitrogen and oxygen atoms in total. The third-order valence-corrected chi connectivity index (χ3v) is 3.26. The molecule has 1 amide bonds. The Morgan fingerprint density at radius 2 is 2.50 bits per heavy atom. The second-order valence-corrected chi connectivity index (χ2v) is 4.96. The van der Waals surface area contributed by atoms with Gasteiger partial charge in [-0.25, -0.2) is 4.98 Å². The van der Waals surface area contributed by atoms with Crippen molar-refractivity contribution >= 4 is 39.3 Å². The van der Waals surface area contributed by atoms with Gasteiger partial charge in [0.2, 0.25) is 5.91 Å². The number of carbonyl (C=O) groups excluding carboxylic acids is 1. The number of hydrogen-bond donors (Lipinski definition) is 2. The molecule has 1 atom stereocenters. The van der Waals surface area contributed by atoms with Crippen molar-refractivity contribution in [2.75, 3.05) is 17.3 Å². The Bertz CT molecular complexity index is 362. The van der Waals surface area contributed by atoms with E-state index in [2.05, 4.69) is 26.2 Å². The van der Waals surface area contributed by atoms with Gasteiger partial charge in [0.25, 0.3) is 0 Å². The summed E-state index contributed by atoms with van der Waals surface area (Å²) in [7, 11) is 0. The zero-order chi connectivity index (χ0) is 12.0. The predicted molar refractivity (Wildman–Crippen MR) is 71.5 cm³/mol. The number of aromatic nitrogens is 1. The highest BCUT2D eigenvalue weighted by Crippen LogP contribution is 2.18. The van der Waals surface area contributed by atoms with Crippen LogP contribution in [-0.4, -0.2) is 28.9 Å². The SMILES string of the molecule is CSCC[C@H](N)C(=O)Nc1cccnc1Br. The summed E-state index contributed by atoms with van der Waals surface area (Å²) in [5, 5.41) is 2.74. The lowest BCUT2D eigenvalue weighted by Gasteiger charge is -2.12. The van der Waals surface area contributed by atoms with Crippen LogP contribution in [0.25, 0.3) is 0 Å². The smallest absolute Gasteiger partial charge is 0.241 e. The summed E-state index contributed by atoms with van der Waals surface area (Å²) in [6.45, 7) is 0. The molecule has 0 spiro atoms. The fraction of sp³-hybridized carbons (Fsp3) is 0.400. The van der Waals surface area contributed by atoms with Gasteiger partial charge in [0.1, 0.15) is 4.60 Å². The van der Waals surface area contributed by atoms with Crippen molar-refractivity contribution in [1.82, 2.24) is 4.98 Å². The molecule has 1 rings (SSSR count). The third kappa shape index (κ3) is 4.11. The van der Waals surface area contributed by atoms with Gasteiger partial charge in [-0.15, -0.1) is 0 Å².